The SMILES string of the molecule is CN(Cc1cccc(OCCN2CCN(S(=O)(=O)c3ccccc3F)CC2)c1)CC1CCC(=O)N1. The van der Waals surface area contributed by atoms with Crippen LogP contribution in [0.2, 0.25) is 0 Å². The zero-order chi connectivity index (χ0) is 24.8. The highest BCUT2D eigenvalue weighted by molar-refractivity contribution is 7.89. The number of nitrogens with one attached hydrogen (secondary N) is 1. The summed E-state index contributed by atoms with van der Waals surface area (Å²) in [6, 6.07) is 13.7. The predicted octanol–water partition coefficient (Wildman–Crippen LogP) is 1.92. The zero-order valence-corrected chi connectivity index (χ0v) is 20.8. The highest BCUT2D eigenvalue weighted by atomic mass is 32.2. The number of piperazine rings is 1. The second kappa shape index (κ2) is 11.5. The number of sulfonamides is 1. The summed E-state index contributed by atoms with van der Waals surface area (Å²) in [5, 5.41) is 3.00. The lowest BCUT2D eigenvalue weighted by Gasteiger charge is -2.33. The summed E-state index contributed by atoms with van der Waals surface area (Å²) in [6.45, 7) is 4.53. The van der Waals surface area contributed by atoms with Crippen LogP contribution in [0.15, 0.2) is 53.4 Å². The first-order valence-corrected chi connectivity index (χ1v) is 13.4. The van der Waals surface area contributed by atoms with Crippen LogP contribution < -0.4 is 10.1 Å². The first-order valence-electron chi connectivity index (χ1n) is 12.0. The molecular formula is C25H33FN4O4S. The summed E-state index contributed by atoms with van der Waals surface area (Å²) >= 11 is 0. The third-order valence-corrected chi connectivity index (χ3v) is 8.36. The van der Waals surface area contributed by atoms with Crippen LogP contribution in [-0.4, -0.2) is 87.4 Å². The number of hydrogen-bond acceptors (Lipinski definition) is 6. The normalized spacial score (nSPS) is 19.7. The van der Waals surface area contributed by atoms with Crippen molar-refractivity contribution in [2.45, 2.75) is 30.3 Å². The molecular weight excluding hydrogens is 471 g/mol. The maximum atomic E-state index is 14.0. The maximum absolute atomic E-state index is 14.0. The molecule has 2 saturated heterocycles. The second-order valence-corrected chi connectivity index (χ2v) is 11.1. The minimum Gasteiger partial charge on any atom is -0.492 e. The van der Waals surface area contributed by atoms with Gasteiger partial charge in [0.05, 0.1) is 0 Å². The highest BCUT2D eigenvalue weighted by Crippen LogP contribution is 2.21. The first kappa shape index (κ1) is 25.6. The van der Waals surface area contributed by atoms with Gasteiger partial charge in [-0.25, -0.2) is 12.8 Å². The Kier molecular flexibility index (Phi) is 8.38. The van der Waals surface area contributed by atoms with E-state index in [1.807, 2.05) is 25.2 Å². The van der Waals surface area contributed by atoms with Gasteiger partial charge in [-0.2, -0.15) is 4.31 Å². The summed E-state index contributed by atoms with van der Waals surface area (Å²) in [4.78, 5) is 15.5. The molecule has 35 heavy (non-hydrogen) atoms. The average molecular weight is 505 g/mol. The van der Waals surface area contributed by atoms with Crippen LogP contribution >= 0.6 is 0 Å². The number of rotatable bonds is 10. The third kappa shape index (κ3) is 6.78. The molecule has 2 aromatic carbocycles. The molecule has 8 nitrogen and oxygen atoms in total. The Morgan fingerprint density at radius 1 is 1.11 bits per heavy atom. The van der Waals surface area contributed by atoms with E-state index in [0.717, 1.165) is 30.8 Å². The number of hydrogen-bond donors (Lipinski definition) is 1. The van der Waals surface area contributed by atoms with Crippen molar-refractivity contribution in [1.29, 1.82) is 0 Å². The number of benzene rings is 2. The fourth-order valence-electron chi connectivity index (χ4n) is 4.58. The molecule has 2 aliphatic rings. The molecule has 0 saturated carbocycles. The number of carbonyl (C=O) groups excluding carboxylic acids is 1. The lowest BCUT2D eigenvalue weighted by molar-refractivity contribution is -0.119. The fourth-order valence-corrected chi connectivity index (χ4v) is 6.07. The molecule has 0 aromatic heterocycles. The molecule has 1 atom stereocenters. The van der Waals surface area contributed by atoms with Crippen molar-refractivity contribution in [2.24, 2.45) is 0 Å². The molecule has 0 aliphatic carbocycles. The van der Waals surface area contributed by atoms with E-state index in [9.17, 15) is 17.6 Å². The number of ether oxygens (including phenoxy) is 1. The Balaban J connectivity index is 1.20. The Hall–Kier alpha value is -2.53. The van der Waals surface area contributed by atoms with Gasteiger partial charge in [-0.1, -0.05) is 24.3 Å². The largest absolute Gasteiger partial charge is 0.492 e. The van der Waals surface area contributed by atoms with Crippen LogP contribution in [0.25, 0.3) is 0 Å². The molecule has 0 spiro atoms. The van der Waals surface area contributed by atoms with E-state index >= 15 is 0 Å². The molecule has 4 rings (SSSR count). The molecule has 10 heteroatoms. The lowest BCUT2D eigenvalue weighted by Crippen LogP contribution is -2.49. The van der Waals surface area contributed by atoms with Crippen molar-refractivity contribution in [2.75, 3.05) is 52.9 Å². The molecule has 0 bridgehead atoms. The van der Waals surface area contributed by atoms with Gasteiger partial charge in [-0.15, -0.1) is 0 Å². The van der Waals surface area contributed by atoms with Crippen LogP contribution in [-0.2, 0) is 21.4 Å². The Bertz CT molecular complexity index is 1120. The van der Waals surface area contributed by atoms with Gasteiger partial charge in [-0.3, -0.25) is 9.69 Å². The minimum absolute atomic E-state index is 0.131. The number of halogens is 1. The van der Waals surface area contributed by atoms with Crippen LogP contribution in [0, 0.1) is 5.82 Å². The molecule has 0 radical (unpaired) electrons. The predicted molar refractivity (Wildman–Crippen MR) is 131 cm³/mol. The van der Waals surface area contributed by atoms with E-state index in [1.165, 1.54) is 28.6 Å². The lowest BCUT2D eigenvalue weighted by atomic mass is 10.1. The van der Waals surface area contributed by atoms with Gasteiger partial charge in [0.15, 0.2) is 0 Å². The first-order chi connectivity index (χ1) is 16.8. The average Bonchev–Trinajstić information content (AvgIpc) is 3.24. The molecule has 1 amide bonds. The van der Waals surface area contributed by atoms with Gasteiger partial charge in [0, 0.05) is 58.3 Å². The van der Waals surface area contributed by atoms with Gasteiger partial charge in [0.1, 0.15) is 23.1 Å². The minimum atomic E-state index is -3.83. The van der Waals surface area contributed by atoms with Gasteiger partial charge in [0.25, 0.3) is 0 Å². The number of nitrogens with zero attached hydrogens (tertiary/aromatic N) is 3. The Labute approximate surface area is 206 Å². The quantitative estimate of drug-likeness (QED) is 0.533. The molecule has 1 N–H and O–H groups in total. The second-order valence-electron chi connectivity index (χ2n) is 9.17. The molecule has 1 unspecified atom stereocenters. The summed E-state index contributed by atoms with van der Waals surface area (Å²) in [7, 11) is -1.78. The van der Waals surface area contributed by atoms with E-state index in [1.54, 1.807) is 0 Å². The summed E-state index contributed by atoms with van der Waals surface area (Å²) in [5.74, 6) is 0.208. The Morgan fingerprint density at radius 3 is 2.60 bits per heavy atom. The fraction of sp³-hybridized carbons (Fsp3) is 0.480. The van der Waals surface area contributed by atoms with E-state index < -0.39 is 15.8 Å². The molecule has 2 fully saturated rings. The zero-order valence-electron chi connectivity index (χ0n) is 20.0. The van der Waals surface area contributed by atoms with Crippen molar-refractivity contribution in [3.8, 4) is 5.75 Å². The molecule has 2 aliphatic heterocycles. The standard InChI is InChI=1S/C25H33FN4O4S/c1-28(19-21-9-10-25(31)27-21)18-20-5-4-6-22(17-20)34-16-15-29-11-13-30(14-12-29)35(32,33)24-8-3-2-7-23(24)26/h2-8,17,21H,9-16,18-19H2,1H3,(H,27,31). The monoisotopic (exact) mass is 504 g/mol. The summed E-state index contributed by atoms with van der Waals surface area (Å²) in [6.07, 6.45) is 1.49. The van der Waals surface area contributed by atoms with Gasteiger partial charge in [0.2, 0.25) is 15.9 Å². The van der Waals surface area contributed by atoms with Crippen molar-refractivity contribution in [3.63, 3.8) is 0 Å². The number of amides is 1. The number of likely N-dealkylation sites (N-methyl/N-ethyl adjacent to an activating group) is 1. The molecule has 2 aromatic rings. The van der Waals surface area contributed by atoms with Crippen molar-refractivity contribution < 1.29 is 22.3 Å². The summed E-state index contributed by atoms with van der Waals surface area (Å²) in [5.41, 5.74) is 1.14. The van der Waals surface area contributed by atoms with E-state index in [0.29, 0.717) is 45.8 Å². The van der Waals surface area contributed by atoms with Gasteiger partial charge in [-0.05, 0) is 43.3 Å². The maximum Gasteiger partial charge on any atom is 0.246 e. The van der Waals surface area contributed by atoms with Crippen LogP contribution in [0.4, 0.5) is 4.39 Å². The molecule has 190 valence electrons. The van der Waals surface area contributed by atoms with E-state index in [-0.39, 0.29) is 16.8 Å². The van der Waals surface area contributed by atoms with Gasteiger partial charge < -0.3 is 15.0 Å². The highest BCUT2D eigenvalue weighted by Gasteiger charge is 2.30. The van der Waals surface area contributed by atoms with Gasteiger partial charge >= 0.3 is 0 Å². The third-order valence-electron chi connectivity index (χ3n) is 6.43. The van der Waals surface area contributed by atoms with Crippen molar-refractivity contribution >= 4 is 15.9 Å². The van der Waals surface area contributed by atoms with Crippen LogP contribution in [0.3, 0.4) is 0 Å². The van der Waals surface area contributed by atoms with E-state index in [2.05, 4.69) is 21.2 Å². The Morgan fingerprint density at radius 2 is 1.89 bits per heavy atom. The summed E-state index contributed by atoms with van der Waals surface area (Å²) < 4.78 is 46.8. The van der Waals surface area contributed by atoms with Crippen molar-refractivity contribution in [1.82, 2.24) is 19.4 Å². The van der Waals surface area contributed by atoms with Crippen LogP contribution in [0.1, 0.15) is 18.4 Å². The van der Waals surface area contributed by atoms with Crippen LogP contribution in [0.5, 0.6) is 5.75 Å². The van der Waals surface area contributed by atoms with Crippen molar-refractivity contribution in [3.05, 3.63) is 59.9 Å². The topological polar surface area (TPSA) is 82.2 Å². The van der Waals surface area contributed by atoms with E-state index in [4.69, 9.17) is 4.74 Å². The smallest absolute Gasteiger partial charge is 0.246 e. The number of carbonyl (C=O) groups is 1. The molecule has 2 heterocycles.